The van der Waals surface area contributed by atoms with E-state index in [9.17, 15) is 5.11 Å². The van der Waals surface area contributed by atoms with Gasteiger partial charge in [-0.05, 0) is 12.1 Å². The van der Waals surface area contributed by atoms with E-state index in [1.807, 2.05) is 36.0 Å². The predicted octanol–water partition coefficient (Wildman–Crippen LogP) is 3.10. The number of fused-ring (bicyclic) bond motifs is 1. The lowest BCUT2D eigenvalue weighted by Gasteiger charge is -2.04. The van der Waals surface area contributed by atoms with Crippen molar-refractivity contribution in [2.75, 3.05) is 5.88 Å². The molecule has 0 bridgehead atoms. The molecule has 1 heterocycles. The summed E-state index contributed by atoms with van der Waals surface area (Å²) in [5.74, 6) is 0.196. The van der Waals surface area contributed by atoms with E-state index in [0.717, 1.165) is 16.5 Å². The van der Waals surface area contributed by atoms with Gasteiger partial charge in [-0.2, -0.15) is 0 Å². The lowest BCUT2D eigenvalue weighted by atomic mass is 10.1. The summed E-state index contributed by atoms with van der Waals surface area (Å²) in [4.78, 5) is 0. The molecule has 1 aromatic carbocycles. The van der Waals surface area contributed by atoms with Crippen molar-refractivity contribution in [2.45, 2.75) is 6.10 Å². The Labute approximate surface area is 98.0 Å². The third-order valence-corrected chi connectivity index (χ3v) is 3.02. The number of aliphatic hydroxyl groups excluding tert-OH is 1. The van der Waals surface area contributed by atoms with Gasteiger partial charge in [0, 0.05) is 34.7 Å². The molecule has 2 nitrogen and oxygen atoms in total. The van der Waals surface area contributed by atoms with Crippen LogP contribution in [-0.2, 0) is 7.05 Å². The Kier molecular flexibility index (Phi) is 2.91. The first-order valence-corrected chi connectivity index (χ1v) is 5.53. The van der Waals surface area contributed by atoms with Crippen molar-refractivity contribution in [2.24, 2.45) is 7.05 Å². The van der Waals surface area contributed by atoms with Gasteiger partial charge in [0.25, 0.3) is 0 Å². The Balaban J connectivity index is 2.68. The van der Waals surface area contributed by atoms with E-state index in [1.54, 1.807) is 0 Å². The maximum atomic E-state index is 9.73. The van der Waals surface area contributed by atoms with Crippen molar-refractivity contribution in [1.29, 1.82) is 0 Å². The van der Waals surface area contributed by atoms with E-state index in [1.165, 1.54) is 0 Å². The molecule has 1 atom stereocenters. The minimum Gasteiger partial charge on any atom is -0.387 e. The van der Waals surface area contributed by atoms with Crippen LogP contribution in [0, 0.1) is 0 Å². The molecule has 0 aliphatic rings. The third-order valence-electron chi connectivity index (χ3n) is 2.49. The van der Waals surface area contributed by atoms with Gasteiger partial charge in [0.2, 0.25) is 0 Å². The number of aryl methyl sites for hydroxylation is 1. The summed E-state index contributed by atoms with van der Waals surface area (Å²) in [6.45, 7) is 0. The maximum absolute atomic E-state index is 9.73. The van der Waals surface area contributed by atoms with Crippen LogP contribution in [-0.4, -0.2) is 15.6 Å². The van der Waals surface area contributed by atoms with Crippen molar-refractivity contribution in [3.8, 4) is 0 Å². The summed E-state index contributed by atoms with van der Waals surface area (Å²) in [7, 11) is 1.92. The van der Waals surface area contributed by atoms with Crippen LogP contribution in [0.1, 0.15) is 11.7 Å². The number of aromatic nitrogens is 1. The molecule has 0 aliphatic carbocycles. The van der Waals surface area contributed by atoms with Crippen molar-refractivity contribution in [1.82, 2.24) is 4.57 Å². The Morgan fingerprint density at radius 2 is 2.20 bits per heavy atom. The van der Waals surface area contributed by atoms with Crippen LogP contribution in [0.15, 0.2) is 24.4 Å². The molecule has 2 aromatic rings. The monoisotopic (exact) mass is 243 g/mol. The van der Waals surface area contributed by atoms with Crippen LogP contribution in [0.2, 0.25) is 5.02 Å². The highest BCUT2D eigenvalue weighted by atomic mass is 35.5. The standard InChI is InChI=1S/C11H11Cl2NO/c1-14-6-9(11(15)5-12)8-3-2-7(13)4-10(8)14/h2-4,6,11,15H,5H2,1H3. The fraction of sp³-hybridized carbons (Fsp3) is 0.273. The first kappa shape index (κ1) is 10.8. The van der Waals surface area contributed by atoms with E-state index < -0.39 is 6.10 Å². The van der Waals surface area contributed by atoms with E-state index >= 15 is 0 Å². The first-order chi connectivity index (χ1) is 7.13. The number of benzene rings is 1. The molecule has 0 radical (unpaired) electrons. The molecular weight excluding hydrogens is 233 g/mol. The number of rotatable bonds is 2. The van der Waals surface area contributed by atoms with Gasteiger partial charge < -0.3 is 9.67 Å². The SMILES string of the molecule is Cn1cc(C(O)CCl)c2ccc(Cl)cc21. The average molecular weight is 244 g/mol. The lowest BCUT2D eigenvalue weighted by molar-refractivity contribution is 0.204. The van der Waals surface area contributed by atoms with Crippen LogP contribution < -0.4 is 0 Å². The second kappa shape index (κ2) is 4.05. The average Bonchev–Trinajstić information content (AvgIpc) is 2.55. The van der Waals surface area contributed by atoms with Gasteiger partial charge in [-0.15, -0.1) is 11.6 Å². The van der Waals surface area contributed by atoms with Gasteiger partial charge >= 0.3 is 0 Å². The van der Waals surface area contributed by atoms with Gasteiger partial charge in [-0.25, -0.2) is 0 Å². The third kappa shape index (κ3) is 1.85. The highest BCUT2D eigenvalue weighted by Gasteiger charge is 2.13. The van der Waals surface area contributed by atoms with Crippen molar-refractivity contribution in [3.05, 3.63) is 35.0 Å². The summed E-state index contributed by atoms with van der Waals surface area (Å²) in [6.07, 6.45) is 1.25. The second-order valence-corrected chi connectivity index (χ2v) is 4.27. The smallest absolute Gasteiger partial charge is 0.0945 e. The van der Waals surface area contributed by atoms with Crippen LogP contribution in [0.3, 0.4) is 0 Å². The normalized spacial score (nSPS) is 13.3. The minimum absolute atomic E-state index is 0.196. The summed E-state index contributed by atoms with van der Waals surface area (Å²) < 4.78 is 1.94. The quantitative estimate of drug-likeness (QED) is 0.807. The van der Waals surface area contributed by atoms with Crippen molar-refractivity contribution >= 4 is 34.1 Å². The molecular formula is C11H11Cl2NO. The number of aliphatic hydroxyl groups is 1. The number of hydrogen-bond donors (Lipinski definition) is 1. The van der Waals surface area contributed by atoms with Crippen LogP contribution in [0.5, 0.6) is 0 Å². The molecule has 0 saturated carbocycles. The Hall–Kier alpha value is -0.700. The van der Waals surface area contributed by atoms with E-state index in [-0.39, 0.29) is 5.88 Å². The van der Waals surface area contributed by atoms with Crippen LogP contribution in [0.4, 0.5) is 0 Å². The molecule has 0 amide bonds. The maximum Gasteiger partial charge on any atom is 0.0945 e. The summed E-state index contributed by atoms with van der Waals surface area (Å²) in [5.41, 5.74) is 1.85. The highest BCUT2D eigenvalue weighted by molar-refractivity contribution is 6.31. The molecule has 2 rings (SSSR count). The van der Waals surface area contributed by atoms with E-state index in [0.29, 0.717) is 5.02 Å². The Morgan fingerprint density at radius 3 is 2.87 bits per heavy atom. The summed E-state index contributed by atoms with van der Waals surface area (Å²) in [6, 6.07) is 5.60. The highest BCUT2D eigenvalue weighted by Crippen LogP contribution is 2.28. The second-order valence-electron chi connectivity index (χ2n) is 3.53. The zero-order chi connectivity index (χ0) is 11.0. The minimum atomic E-state index is -0.628. The van der Waals surface area contributed by atoms with Gasteiger partial charge in [0.1, 0.15) is 0 Å². The number of alkyl halides is 1. The lowest BCUT2D eigenvalue weighted by Crippen LogP contribution is -1.96. The number of hydrogen-bond acceptors (Lipinski definition) is 1. The molecule has 1 unspecified atom stereocenters. The van der Waals surface area contributed by atoms with Crippen LogP contribution in [0.25, 0.3) is 10.9 Å². The zero-order valence-electron chi connectivity index (χ0n) is 8.24. The molecule has 0 spiro atoms. The molecule has 4 heteroatoms. The van der Waals surface area contributed by atoms with Gasteiger partial charge in [0.05, 0.1) is 12.0 Å². The Bertz CT molecular complexity index is 493. The molecule has 80 valence electrons. The summed E-state index contributed by atoms with van der Waals surface area (Å²) in [5, 5.41) is 11.4. The van der Waals surface area contributed by atoms with Crippen LogP contribution >= 0.6 is 23.2 Å². The molecule has 0 aliphatic heterocycles. The zero-order valence-corrected chi connectivity index (χ0v) is 9.76. The fourth-order valence-electron chi connectivity index (χ4n) is 1.74. The molecule has 1 aromatic heterocycles. The van der Waals surface area contributed by atoms with Gasteiger partial charge in [-0.1, -0.05) is 17.7 Å². The molecule has 1 N–H and O–H groups in total. The van der Waals surface area contributed by atoms with E-state index in [2.05, 4.69) is 0 Å². The predicted molar refractivity (Wildman–Crippen MR) is 63.6 cm³/mol. The number of nitrogens with zero attached hydrogens (tertiary/aromatic N) is 1. The number of halogens is 2. The molecule has 15 heavy (non-hydrogen) atoms. The summed E-state index contributed by atoms with van der Waals surface area (Å²) >= 11 is 11.6. The Morgan fingerprint density at radius 1 is 1.47 bits per heavy atom. The fourth-order valence-corrected chi connectivity index (χ4v) is 2.07. The van der Waals surface area contributed by atoms with Crippen molar-refractivity contribution < 1.29 is 5.11 Å². The van der Waals surface area contributed by atoms with E-state index in [4.69, 9.17) is 23.2 Å². The largest absolute Gasteiger partial charge is 0.387 e. The first-order valence-electron chi connectivity index (χ1n) is 4.62. The van der Waals surface area contributed by atoms with Gasteiger partial charge in [0.15, 0.2) is 0 Å². The van der Waals surface area contributed by atoms with Crippen molar-refractivity contribution in [3.63, 3.8) is 0 Å². The molecule has 0 saturated heterocycles. The topological polar surface area (TPSA) is 25.2 Å². The van der Waals surface area contributed by atoms with Gasteiger partial charge in [-0.3, -0.25) is 0 Å². The molecule has 0 fully saturated rings.